The average Bonchev–Trinajstić information content (AvgIpc) is 2.82. The van der Waals surface area contributed by atoms with Gasteiger partial charge < -0.3 is 15.5 Å². The van der Waals surface area contributed by atoms with Crippen LogP contribution in [-0.4, -0.2) is 26.0 Å². The Bertz CT molecular complexity index is 497. The van der Waals surface area contributed by atoms with Crippen LogP contribution in [0.1, 0.15) is 45.2 Å². The van der Waals surface area contributed by atoms with E-state index in [1.54, 1.807) is 0 Å². The van der Waals surface area contributed by atoms with Crippen LogP contribution in [0.15, 0.2) is 18.2 Å². The number of nitrogens with zero attached hydrogens (tertiary/aromatic N) is 1. The largest absolute Gasteiger partial charge is 0.371 e. The van der Waals surface area contributed by atoms with Crippen molar-refractivity contribution in [1.82, 2.24) is 5.32 Å². The highest BCUT2D eigenvalue weighted by atomic mass is 16.2. The van der Waals surface area contributed by atoms with Crippen LogP contribution < -0.4 is 15.5 Å². The topological polar surface area (TPSA) is 44.4 Å². The molecule has 0 radical (unpaired) electrons. The standard InChI is InChI=1S/C17H27N3O/c1-5-12(6-2)11-20(7-3)13-8-9-14-15(10-13)19-17(21)16(14)18-4/h8-10,12,16,18H,5-7,11H2,1-4H3,(H,19,21). The third kappa shape index (κ3) is 3.21. The van der Waals surface area contributed by atoms with Crippen molar-refractivity contribution < 1.29 is 4.79 Å². The molecule has 0 bridgehead atoms. The number of hydrogen-bond donors (Lipinski definition) is 2. The highest BCUT2D eigenvalue weighted by Crippen LogP contribution is 2.34. The van der Waals surface area contributed by atoms with E-state index in [2.05, 4.69) is 54.5 Å². The number of likely N-dealkylation sites (N-methyl/N-ethyl adjacent to an activating group) is 1. The molecule has 4 nitrogen and oxygen atoms in total. The van der Waals surface area contributed by atoms with E-state index >= 15 is 0 Å². The molecule has 21 heavy (non-hydrogen) atoms. The van der Waals surface area contributed by atoms with E-state index < -0.39 is 0 Å². The van der Waals surface area contributed by atoms with Crippen molar-refractivity contribution in [1.29, 1.82) is 0 Å². The van der Waals surface area contributed by atoms with Gasteiger partial charge in [0.2, 0.25) is 5.91 Å². The fourth-order valence-electron chi connectivity index (χ4n) is 3.01. The normalized spacial score (nSPS) is 17.0. The quantitative estimate of drug-likeness (QED) is 0.810. The van der Waals surface area contributed by atoms with Gasteiger partial charge in [0.25, 0.3) is 0 Å². The zero-order valence-corrected chi connectivity index (χ0v) is 13.6. The van der Waals surface area contributed by atoms with Gasteiger partial charge >= 0.3 is 0 Å². The zero-order valence-electron chi connectivity index (χ0n) is 13.6. The number of amides is 1. The number of fused-ring (bicyclic) bond motifs is 1. The Kier molecular flexibility index (Phi) is 5.23. The highest BCUT2D eigenvalue weighted by molar-refractivity contribution is 6.03. The predicted octanol–water partition coefficient (Wildman–Crippen LogP) is 3.16. The Morgan fingerprint density at radius 2 is 2.00 bits per heavy atom. The second-order valence-corrected chi connectivity index (χ2v) is 5.70. The Hall–Kier alpha value is -1.55. The number of anilines is 2. The third-order valence-electron chi connectivity index (χ3n) is 4.54. The van der Waals surface area contributed by atoms with E-state index in [0.717, 1.165) is 30.3 Å². The molecule has 0 spiro atoms. The van der Waals surface area contributed by atoms with Crippen LogP contribution in [-0.2, 0) is 4.79 Å². The molecule has 1 amide bonds. The molecule has 0 fully saturated rings. The van der Waals surface area contributed by atoms with Gasteiger partial charge in [0.05, 0.1) is 0 Å². The minimum absolute atomic E-state index is 0.0349. The lowest BCUT2D eigenvalue weighted by atomic mass is 10.0. The molecule has 0 saturated heterocycles. The maximum absolute atomic E-state index is 11.9. The van der Waals surface area contributed by atoms with Gasteiger partial charge in [-0.1, -0.05) is 32.8 Å². The van der Waals surface area contributed by atoms with Gasteiger partial charge in [0, 0.05) is 30.0 Å². The maximum Gasteiger partial charge on any atom is 0.246 e. The van der Waals surface area contributed by atoms with E-state index in [1.807, 2.05) is 7.05 Å². The molecule has 1 aliphatic heterocycles. The van der Waals surface area contributed by atoms with Crippen molar-refractivity contribution in [2.75, 3.05) is 30.4 Å². The van der Waals surface area contributed by atoms with Crippen LogP contribution >= 0.6 is 0 Å². The first-order valence-electron chi connectivity index (χ1n) is 8.01. The van der Waals surface area contributed by atoms with Gasteiger partial charge in [-0.15, -0.1) is 0 Å². The zero-order chi connectivity index (χ0) is 15.4. The summed E-state index contributed by atoms with van der Waals surface area (Å²) in [5.74, 6) is 0.755. The smallest absolute Gasteiger partial charge is 0.246 e. The molecule has 1 aliphatic rings. The summed E-state index contributed by atoms with van der Waals surface area (Å²) in [6, 6.07) is 6.09. The molecule has 4 heteroatoms. The van der Waals surface area contributed by atoms with Crippen molar-refractivity contribution in [3.8, 4) is 0 Å². The van der Waals surface area contributed by atoms with E-state index in [-0.39, 0.29) is 11.9 Å². The number of rotatable bonds is 7. The van der Waals surface area contributed by atoms with Crippen molar-refractivity contribution in [3.05, 3.63) is 23.8 Å². The summed E-state index contributed by atoms with van der Waals surface area (Å²) in [6.45, 7) is 8.75. The molecule has 1 aromatic rings. The summed E-state index contributed by atoms with van der Waals surface area (Å²) in [6.07, 6.45) is 2.41. The Labute approximate surface area is 127 Å². The number of nitrogens with one attached hydrogen (secondary N) is 2. The van der Waals surface area contributed by atoms with Gasteiger partial charge in [-0.2, -0.15) is 0 Å². The number of carbonyl (C=O) groups excluding carboxylic acids is 1. The van der Waals surface area contributed by atoms with Crippen molar-refractivity contribution >= 4 is 17.3 Å². The highest BCUT2D eigenvalue weighted by Gasteiger charge is 2.29. The molecule has 2 rings (SSSR count). The summed E-state index contributed by atoms with van der Waals surface area (Å²) in [5.41, 5.74) is 3.19. The van der Waals surface area contributed by atoms with E-state index in [0.29, 0.717) is 0 Å². The van der Waals surface area contributed by atoms with Crippen molar-refractivity contribution in [2.45, 2.75) is 39.7 Å². The van der Waals surface area contributed by atoms with E-state index in [1.165, 1.54) is 18.5 Å². The lowest BCUT2D eigenvalue weighted by molar-refractivity contribution is -0.117. The predicted molar refractivity (Wildman–Crippen MR) is 88.8 cm³/mol. The molecule has 1 atom stereocenters. The molecule has 0 aliphatic carbocycles. The molecule has 2 N–H and O–H groups in total. The first-order valence-corrected chi connectivity index (χ1v) is 8.01. The van der Waals surface area contributed by atoms with Crippen LogP contribution in [0, 0.1) is 5.92 Å². The van der Waals surface area contributed by atoms with Crippen LogP contribution in [0.25, 0.3) is 0 Å². The molecular weight excluding hydrogens is 262 g/mol. The SMILES string of the molecule is CCC(CC)CN(CC)c1ccc2c(c1)NC(=O)C2NC. The molecule has 1 unspecified atom stereocenters. The second-order valence-electron chi connectivity index (χ2n) is 5.70. The minimum atomic E-state index is -0.219. The minimum Gasteiger partial charge on any atom is -0.371 e. The monoisotopic (exact) mass is 289 g/mol. The first-order chi connectivity index (χ1) is 10.1. The number of carbonyl (C=O) groups is 1. The van der Waals surface area contributed by atoms with Gasteiger partial charge in [-0.3, -0.25) is 4.79 Å². The maximum atomic E-state index is 11.9. The first kappa shape index (κ1) is 15.8. The Morgan fingerprint density at radius 3 is 2.57 bits per heavy atom. The van der Waals surface area contributed by atoms with Gasteiger partial charge in [-0.05, 0) is 32.0 Å². The van der Waals surface area contributed by atoms with Gasteiger partial charge in [-0.25, -0.2) is 0 Å². The molecule has 0 saturated carbocycles. The average molecular weight is 289 g/mol. The molecular formula is C17H27N3O. The lowest BCUT2D eigenvalue weighted by Gasteiger charge is -2.28. The summed E-state index contributed by atoms with van der Waals surface area (Å²) in [5, 5.41) is 6.03. The van der Waals surface area contributed by atoms with E-state index in [9.17, 15) is 4.79 Å². The molecule has 1 aromatic carbocycles. The van der Waals surface area contributed by atoms with Crippen molar-refractivity contribution in [3.63, 3.8) is 0 Å². The second kappa shape index (κ2) is 6.94. The fourth-order valence-corrected chi connectivity index (χ4v) is 3.01. The van der Waals surface area contributed by atoms with Crippen LogP contribution in [0.5, 0.6) is 0 Å². The number of hydrogen-bond acceptors (Lipinski definition) is 3. The summed E-state index contributed by atoms with van der Waals surface area (Å²) >= 11 is 0. The third-order valence-corrected chi connectivity index (χ3v) is 4.54. The fraction of sp³-hybridized carbons (Fsp3) is 0.588. The van der Waals surface area contributed by atoms with Gasteiger partial charge in [0.15, 0.2) is 0 Å². The summed E-state index contributed by atoms with van der Waals surface area (Å²) < 4.78 is 0. The molecule has 0 aromatic heterocycles. The lowest BCUT2D eigenvalue weighted by Crippen LogP contribution is -2.29. The number of benzene rings is 1. The molecule has 116 valence electrons. The Balaban J connectivity index is 2.21. The summed E-state index contributed by atoms with van der Waals surface area (Å²) in [7, 11) is 1.82. The van der Waals surface area contributed by atoms with Crippen molar-refractivity contribution in [2.24, 2.45) is 5.92 Å². The van der Waals surface area contributed by atoms with E-state index in [4.69, 9.17) is 0 Å². The summed E-state index contributed by atoms with van der Waals surface area (Å²) in [4.78, 5) is 14.3. The Morgan fingerprint density at radius 1 is 1.29 bits per heavy atom. The molecule has 1 heterocycles. The van der Waals surface area contributed by atoms with Gasteiger partial charge in [0.1, 0.15) is 6.04 Å². The van der Waals surface area contributed by atoms with Crippen LogP contribution in [0.4, 0.5) is 11.4 Å². The van der Waals surface area contributed by atoms with Crippen LogP contribution in [0.2, 0.25) is 0 Å². The van der Waals surface area contributed by atoms with Crippen LogP contribution in [0.3, 0.4) is 0 Å².